The summed E-state index contributed by atoms with van der Waals surface area (Å²) in [6.45, 7) is 1.21. The number of anilines is 1. The molecule has 1 fully saturated rings. The van der Waals surface area contributed by atoms with Crippen molar-refractivity contribution in [1.29, 1.82) is 0 Å². The number of hydrogen-bond acceptors (Lipinski definition) is 3. The lowest BCUT2D eigenvalue weighted by atomic mass is 10.3. The molecule has 1 aliphatic rings. The van der Waals surface area contributed by atoms with Gasteiger partial charge >= 0.3 is 6.03 Å². The van der Waals surface area contributed by atoms with Crippen LogP contribution in [0.3, 0.4) is 0 Å². The van der Waals surface area contributed by atoms with E-state index in [1.54, 1.807) is 24.3 Å². The summed E-state index contributed by atoms with van der Waals surface area (Å²) in [6.07, 6.45) is 0. The van der Waals surface area contributed by atoms with E-state index in [4.69, 9.17) is 11.6 Å². The van der Waals surface area contributed by atoms with Gasteiger partial charge < -0.3 is 10.6 Å². The molecule has 2 N–H and O–H groups in total. The van der Waals surface area contributed by atoms with Crippen molar-refractivity contribution in [2.75, 3.05) is 25.0 Å². The third-order valence-corrected chi connectivity index (χ3v) is 2.68. The van der Waals surface area contributed by atoms with Gasteiger partial charge in [0.15, 0.2) is 0 Å². The Balaban J connectivity index is 2.00. The van der Waals surface area contributed by atoms with E-state index in [0.29, 0.717) is 23.8 Å². The highest BCUT2D eigenvalue weighted by Crippen LogP contribution is 2.14. The monoisotopic (exact) mass is 253 g/mol. The third kappa shape index (κ3) is 2.95. The van der Waals surface area contributed by atoms with Crippen molar-refractivity contribution < 1.29 is 9.59 Å². The van der Waals surface area contributed by atoms with E-state index in [9.17, 15) is 9.59 Å². The van der Waals surface area contributed by atoms with E-state index in [-0.39, 0.29) is 12.5 Å². The fourth-order valence-corrected chi connectivity index (χ4v) is 1.67. The van der Waals surface area contributed by atoms with Crippen LogP contribution in [-0.2, 0) is 4.79 Å². The van der Waals surface area contributed by atoms with Gasteiger partial charge in [-0.2, -0.15) is 0 Å². The van der Waals surface area contributed by atoms with Crippen molar-refractivity contribution in [1.82, 2.24) is 10.2 Å². The molecule has 0 unspecified atom stereocenters. The van der Waals surface area contributed by atoms with Crippen LogP contribution in [-0.4, -0.2) is 36.5 Å². The quantitative estimate of drug-likeness (QED) is 0.793. The summed E-state index contributed by atoms with van der Waals surface area (Å²) in [4.78, 5) is 24.5. The minimum Gasteiger partial charge on any atom is -0.307 e. The summed E-state index contributed by atoms with van der Waals surface area (Å²) in [6, 6.07) is 6.33. The first-order valence-corrected chi connectivity index (χ1v) is 5.62. The molecule has 1 saturated heterocycles. The molecule has 6 heteroatoms. The van der Waals surface area contributed by atoms with Crippen molar-refractivity contribution in [3.05, 3.63) is 29.3 Å². The Morgan fingerprint density at radius 2 is 2.06 bits per heavy atom. The SMILES string of the molecule is O=C1CNCCN1C(=O)Nc1ccc(Cl)cc1. The second kappa shape index (κ2) is 5.16. The highest BCUT2D eigenvalue weighted by Gasteiger charge is 2.23. The maximum Gasteiger partial charge on any atom is 0.328 e. The molecule has 1 aliphatic heterocycles. The van der Waals surface area contributed by atoms with Crippen molar-refractivity contribution in [2.45, 2.75) is 0 Å². The Bertz CT molecular complexity index is 433. The molecular weight excluding hydrogens is 242 g/mol. The number of hydrogen-bond donors (Lipinski definition) is 2. The molecule has 1 aromatic rings. The molecule has 3 amide bonds. The van der Waals surface area contributed by atoms with Crippen LogP contribution in [0.4, 0.5) is 10.5 Å². The van der Waals surface area contributed by atoms with Gasteiger partial charge in [-0.05, 0) is 24.3 Å². The molecule has 0 aromatic heterocycles. The zero-order chi connectivity index (χ0) is 12.3. The van der Waals surface area contributed by atoms with Gasteiger partial charge in [-0.15, -0.1) is 0 Å². The van der Waals surface area contributed by atoms with Crippen LogP contribution in [0.2, 0.25) is 5.02 Å². The molecule has 2 rings (SSSR count). The number of imide groups is 1. The number of carbonyl (C=O) groups is 2. The van der Waals surface area contributed by atoms with Gasteiger partial charge in [0.1, 0.15) is 0 Å². The van der Waals surface area contributed by atoms with E-state index in [2.05, 4.69) is 10.6 Å². The van der Waals surface area contributed by atoms with Crippen LogP contribution < -0.4 is 10.6 Å². The predicted octanol–water partition coefficient (Wildman–Crippen LogP) is 1.30. The maximum absolute atomic E-state index is 11.8. The smallest absolute Gasteiger partial charge is 0.307 e. The van der Waals surface area contributed by atoms with Gasteiger partial charge in [-0.3, -0.25) is 9.69 Å². The molecule has 0 saturated carbocycles. The number of amides is 3. The van der Waals surface area contributed by atoms with Crippen molar-refractivity contribution >= 4 is 29.2 Å². The fraction of sp³-hybridized carbons (Fsp3) is 0.273. The number of nitrogens with zero attached hydrogens (tertiary/aromatic N) is 1. The Kier molecular flexibility index (Phi) is 3.61. The van der Waals surface area contributed by atoms with E-state index in [0.717, 1.165) is 0 Å². The molecule has 0 atom stereocenters. The molecule has 5 nitrogen and oxygen atoms in total. The summed E-state index contributed by atoms with van der Waals surface area (Å²) in [7, 11) is 0. The molecular formula is C11H12ClN3O2. The van der Waals surface area contributed by atoms with Gasteiger partial charge in [-0.1, -0.05) is 11.6 Å². The summed E-state index contributed by atoms with van der Waals surface area (Å²) in [5, 5.41) is 6.15. The summed E-state index contributed by atoms with van der Waals surface area (Å²) >= 11 is 5.73. The lowest BCUT2D eigenvalue weighted by Crippen LogP contribution is -2.52. The predicted molar refractivity (Wildman–Crippen MR) is 65.1 cm³/mol. The fourth-order valence-electron chi connectivity index (χ4n) is 1.55. The lowest BCUT2D eigenvalue weighted by Gasteiger charge is -2.25. The Morgan fingerprint density at radius 3 is 2.71 bits per heavy atom. The number of carbonyl (C=O) groups excluding carboxylic acids is 2. The largest absolute Gasteiger partial charge is 0.328 e. The average Bonchev–Trinajstić information content (AvgIpc) is 2.32. The van der Waals surface area contributed by atoms with Gasteiger partial charge in [0.05, 0.1) is 6.54 Å². The van der Waals surface area contributed by atoms with Crippen LogP contribution in [0.1, 0.15) is 0 Å². The van der Waals surface area contributed by atoms with Crippen LogP contribution in [0.15, 0.2) is 24.3 Å². The van der Waals surface area contributed by atoms with Crippen LogP contribution in [0.5, 0.6) is 0 Å². The minimum absolute atomic E-state index is 0.202. The van der Waals surface area contributed by atoms with E-state index >= 15 is 0 Å². The lowest BCUT2D eigenvalue weighted by molar-refractivity contribution is -0.128. The summed E-state index contributed by atoms with van der Waals surface area (Å²) in [5.41, 5.74) is 0.616. The van der Waals surface area contributed by atoms with E-state index in [1.807, 2.05) is 0 Å². The van der Waals surface area contributed by atoms with E-state index < -0.39 is 6.03 Å². The van der Waals surface area contributed by atoms with Crippen LogP contribution in [0.25, 0.3) is 0 Å². The highest BCUT2D eigenvalue weighted by molar-refractivity contribution is 6.30. The number of rotatable bonds is 1. The highest BCUT2D eigenvalue weighted by atomic mass is 35.5. The Hall–Kier alpha value is -1.59. The second-order valence-electron chi connectivity index (χ2n) is 3.66. The number of halogens is 1. The number of piperazine rings is 1. The molecule has 17 heavy (non-hydrogen) atoms. The molecule has 1 heterocycles. The normalized spacial score (nSPS) is 15.8. The van der Waals surface area contributed by atoms with Gasteiger partial charge in [-0.25, -0.2) is 4.79 Å². The first-order chi connectivity index (χ1) is 8.16. The molecule has 90 valence electrons. The minimum atomic E-state index is -0.404. The third-order valence-electron chi connectivity index (χ3n) is 2.43. The molecule has 0 aliphatic carbocycles. The summed E-state index contributed by atoms with van der Waals surface area (Å²) in [5.74, 6) is -0.220. The van der Waals surface area contributed by atoms with E-state index in [1.165, 1.54) is 4.90 Å². The molecule has 0 bridgehead atoms. The standard InChI is InChI=1S/C11H12ClN3O2/c12-8-1-3-9(4-2-8)14-11(17)15-6-5-13-7-10(15)16/h1-4,13H,5-7H2,(H,14,17). The van der Waals surface area contributed by atoms with Crippen molar-refractivity contribution in [3.63, 3.8) is 0 Å². The van der Waals surface area contributed by atoms with Gasteiger partial charge in [0.2, 0.25) is 5.91 Å². The second-order valence-corrected chi connectivity index (χ2v) is 4.10. The number of urea groups is 1. The first-order valence-electron chi connectivity index (χ1n) is 5.24. The van der Waals surface area contributed by atoms with Gasteiger partial charge in [0, 0.05) is 23.8 Å². The Labute approximate surface area is 104 Å². The maximum atomic E-state index is 11.8. The zero-order valence-corrected chi connectivity index (χ0v) is 9.83. The summed E-state index contributed by atoms with van der Waals surface area (Å²) < 4.78 is 0. The first kappa shape index (κ1) is 11.9. The van der Waals surface area contributed by atoms with Crippen molar-refractivity contribution in [2.24, 2.45) is 0 Å². The number of nitrogens with one attached hydrogen (secondary N) is 2. The molecule has 1 aromatic carbocycles. The molecule has 0 radical (unpaired) electrons. The topological polar surface area (TPSA) is 61.4 Å². The van der Waals surface area contributed by atoms with Crippen molar-refractivity contribution in [3.8, 4) is 0 Å². The van der Waals surface area contributed by atoms with Crippen LogP contribution in [0, 0.1) is 0 Å². The Morgan fingerprint density at radius 1 is 1.35 bits per heavy atom. The average molecular weight is 254 g/mol. The zero-order valence-electron chi connectivity index (χ0n) is 9.07. The van der Waals surface area contributed by atoms with Gasteiger partial charge in [0.25, 0.3) is 0 Å². The van der Waals surface area contributed by atoms with Crippen LogP contribution >= 0.6 is 11.6 Å². The molecule has 0 spiro atoms. The number of benzene rings is 1.